The Bertz CT molecular complexity index is 1880. The lowest BCUT2D eigenvalue weighted by Crippen LogP contribution is -2.32. The van der Waals surface area contributed by atoms with Gasteiger partial charge in [-0.3, -0.25) is 9.88 Å². The monoisotopic (exact) mass is 682 g/mol. The number of pyridine rings is 2. The number of rotatable bonds is 6. The SMILES string of the molecule is Cc1c(C(F)(F)F)cnc(N)c1-c1c(Cl)c2c3c(nc(OC[C@@H]4CC(F)(F)CN4C)nc3c1F)N([C@H](C)c1cncc(N)c1)CCO2. The van der Waals surface area contributed by atoms with E-state index < -0.39 is 71.0 Å². The second-order valence-corrected chi connectivity index (χ2v) is 12.0. The van der Waals surface area contributed by atoms with Crippen LogP contribution in [0, 0.1) is 12.7 Å². The number of nitrogens with two attached hydrogens (primary N) is 2. The van der Waals surface area contributed by atoms with Crippen molar-refractivity contribution in [1.82, 2.24) is 24.8 Å². The lowest BCUT2D eigenvalue weighted by atomic mass is 9.95. The van der Waals surface area contributed by atoms with Gasteiger partial charge in [-0.1, -0.05) is 11.6 Å². The van der Waals surface area contributed by atoms with Crippen LogP contribution >= 0.6 is 11.6 Å². The fourth-order valence-electron chi connectivity index (χ4n) is 6.12. The van der Waals surface area contributed by atoms with Gasteiger partial charge in [0.1, 0.15) is 30.4 Å². The van der Waals surface area contributed by atoms with Gasteiger partial charge in [0.25, 0.3) is 5.92 Å². The summed E-state index contributed by atoms with van der Waals surface area (Å²) in [4.78, 5) is 19.9. The summed E-state index contributed by atoms with van der Waals surface area (Å²) in [6, 6.07) is 0.183. The highest BCUT2D eigenvalue weighted by atomic mass is 35.5. The Morgan fingerprint density at radius 3 is 2.57 bits per heavy atom. The first-order valence-electron chi connectivity index (χ1n) is 14.4. The van der Waals surface area contributed by atoms with Crippen LogP contribution in [0.25, 0.3) is 22.0 Å². The number of alkyl halides is 5. The molecule has 2 aliphatic rings. The number of likely N-dealkylation sites (N-methyl/N-ethyl adjacent to an activating group) is 1. The van der Waals surface area contributed by atoms with Gasteiger partial charge < -0.3 is 25.8 Å². The van der Waals surface area contributed by atoms with E-state index in [9.17, 15) is 22.0 Å². The molecule has 0 radical (unpaired) electrons. The molecule has 2 atom stereocenters. The van der Waals surface area contributed by atoms with Crippen LogP contribution in [0.5, 0.6) is 11.8 Å². The first-order valence-corrected chi connectivity index (χ1v) is 14.8. The Balaban J connectivity index is 1.58. The third kappa shape index (κ3) is 5.88. The minimum atomic E-state index is -4.82. The van der Waals surface area contributed by atoms with E-state index in [1.807, 2.05) is 6.92 Å². The maximum atomic E-state index is 16.8. The van der Waals surface area contributed by atoms with Crippen molar-refractivity contribution < 1.29 is 35.8 Å². The molecule has 2 aliphatic heterocycles. The van der Waals surface area contributed by atoms with Crippen LogP contribution in [0.4, 0.5) is 43.7 Å². The van der Waals surface area contributed by atoms with Crippen LogP contribution in [0.1, 0.15) is 36.1 Å². The zero-order valence-corrected chi connectivity index (χ0v) is 26.1. The Labute approximate surface area is 269 Å². The van der Waals surface area contributed by atoms with Crippen molar-refractivity contribution in [3.05, 3.63) is 52.2 Å². The van der Waals surface area contributed by atoms with Crippen LogP contribution in [0.15, 0.2) is 24.7 Å². The topological polar surface area (TPSA) is 129 Å². The van der Waals surface area contributed by atoms with E-state index in [2.05, 4.69) is 19.9 Å². The molecule has 250 valence electrons. The van der Waals surface area contributed by atoms with Gasteiger partial charge in [0, 0.05) is 42.2 Å². The summed E-state index contributed by atoms with van der Waals surface area (Å²) in [5.74, 6) is -4.43. The second kappa shape index (κ2) is 11.7. The van der Waals surface area contributed by atoms with Gasteiger partial charge in [0.15, 0.2) is 11.6 Å². The van der Waals surface area contributed by atoms with E-state index in [4.69, 9.17) is 32.5 Å². The van der Waals surface area contributed by atoms with Crippen LogP contribution < -0.4 is 25.8 Å². The third-order valence-electron chi connectivity index (χ3n) is 8.49. The van der Waals surface area contributed by atoms with E-state index in [1.165, 1.54) is 18.1 Å². The summed E-state index contributed by atoms with van der Waals surface area (Å²) in [6.07, 6.45) is -1.66. The number of benzene rings is 1. The number of aromatic nitrogens is 4. The smallest absolute Gasteiger partial charge is 0.418 e. The van der Waals surface area contributed by atoms with E-state index in [1.54, 1.807) is 17.2 Å². The normalized spacial score (nSPS) is 18.7. The maximum Gasteiger partial charge on any atom is 0.418 e. The van der Waals surface area contributed by atoms with Crippen molar-refractivity contribution in [3.63, 3.8) is 0 Å². The standard InChI is InChI=1S/C30H29ClF6N8O2/c1-13-18(30(35,36)37)10-41-26(39)19(13)20-22(31)25-21-24(23(20)32)42-28(47-11-17-7-29(33,34)12-44(17)3)43-27(21)45(4-5-46-25)14(2)15-6-16(38)9-40-8-15/h6,8-10,14,17H,4-5,7,11-12,38H2,1-3H3,(H2,39,41)/t14-,17+/m1/s1. The summed E-state index contributed by atoms with van der Waals surface area (Å²) in [5, 5.41) is -0.343. The zero-order chi connectivity index (χ0) is 34.0. The number of hydrogen-bond acceptors (Lipinski definition) is 10. The average Bonchev–Trinajstić information content (AvgIpc) is 3.13. The van der Waals surface area contributed by atoms with Crippen molar-refractivity contribution >= 4 is 39.8 Å². The van der Waals surface area contributed by atoms with E-state index in [-0.39, 0.29) is 53.3 Å². The fourth-order valence-corrected chi connectivity index (χ4v) is 6.44. The molecule has 6 rings (SSSR count). The molecule has 47 heavy (non-hydrogen) atoms. The molecule has 1 fully saturated rings. The summed E-state index contributed by atoms with van der Waals surface area (Å²) >= 11 is 6.77. The van der Waals surface area contributed by atoms with Crippen molar-refractivity contribution in [2.75, 3.05) is 49.7 Å². The molecule has 0 spiro atoms. The summed E-state index contributed by atoms with van der Waals surface area (Å²) < 4.78 is 98.5. The van der Waals surface area contributed by atoms with Gasteiger partial charge in [-0.25, -0.2) is 18.2 Å². The van der Waals surface area contributed by atoms with Crippen LogP contribution in [0.3, 0.4) is 0 Å². The average molecular weight is 683 g/mol. The van der Waals surface area contributed by atoms with Gasteiger partial charge in [-0.2, -0.15) is 23.1 Å². The lowest BCUT2D eigenvalue weighted by molar-refractivity contribution is -0.138. The number of nitrogens with zero attached hydrogens (tertiary/aromatic N) is 6. The molecule has 17 heteroatoms. The molecule has 1 saturated heterocycles. The molecular weight excluding hydrogens is 654 g/mol. The Morgan fingerprint density at radius 1 is 1.17 bits per heavy atom. The van der Waals surface area contributed by atoms with E-state index in [0.717, 1.165) is 6.92 Å². The molecule has 0 amide bonds. The predicted molar refractivity (Wildman–Crippen MR) is 163 cm³/mol. The summed E-state index contributed by atoms with van der Waals surface area (Å²) in [6.45, 7) is 2.41. The summed E-state index contributed by atoms with van der Waals surface area (Å²) in [5.41, 5.74) is 10.3. The predicted octanol–water partition coefficient (Wildman–Crippen LogP) is 6.05. The second-order valence-electron chi connectivity index (χ2n) is 11.6. The molecule has 1 aromatic carbocycles. The number of anilines is 3. The third-order valence-corrected chi connectivity index (χ3v) is 8.85. The molecular formula is C30H29ClF6N8O2. The molecule has 4 N–H and O–H groups in total. The van der Waals surface area contributed by atoms with Crippen LogP contribution in [-0.4, -0.2) is 70.2 Å². The van der Waals surface area contributed by atoms with Gasteiger partial charge in [0.05, 0.1) is 40.8 Å². The van der Waals surface area contributed by atoms with E-state index >= 15 is 4.39 Å². The highest BCUT2D eigenvalue weighted by molar-refractivity contribution is 6.37. The highest BCUT2D eigenvalue weighted by Gasteiger charge is 2.44. The number of ether oxygens (including phenoxy) is 2. The van der Waals surface area contributed by atoms with Crippen LogP contribution in [0.2, 0.25) is 5.02 Å². The highest BCUT2D eigenvalue weighted by Crippen LogP contribution is 2.51. The minimum absolute atomic E-state index is 0.0101. The van der Waals surface area contributed by atoms with Gasteiger partial charge in [0.2, 0.25) is 0 Å². The molecule has 5 heterocycles. The van der Waals surface area contributed by atoms with Gasteiger partial charge in [-0.15, -0.1) is 0 Å². The number of nitrogen functional groups attached to an aromatic ring is 2. The van der Waals surface area contributed by atoms with Gasteiger partial charge in [-0.05, 0) is 38.1 Å². The molecule has 0 aliphatic carbocycles. The molecule has 0 unspecified atom stereocenters. The maximum absolute atomic E-state index is 16.8. The number of halogens is 7. The number of likely N-dealkylation sites (tertiary alicyclic amines) is 1. The molecule has 0 bridgehead atoms. The Hall–Kier alpha value is -4.31. The molecule has 0 saturated carbocycles. The van der Waals surface area contributed by atoms with Crippen molar-refractivity contribution in [2.24, 2.45) is 0 Å². The first kappa shape index (κ1) is 32.6. The van der Waals surface area contributed by atoms with Crippen LogP contribution in [-0.2, 0) is 6.18 Å². The van der Waals surface area contributed by atoms with Crippen molar-refractivity contribution in [2.45, 2.75) is 44.5 Å². The van der Waals surface area contributed by atoms with Crippen molar-refractivity contribution in [1.29, 1.82) is 0 Å². The fraction of sp³-hybridized carbons (Fsp3) is 0.400. The quantitative estimate of drug-likeness (QED) is 0.232. The van der Waals surface area contributed by atoms with Gasteiger partial charge >= 0.3 is 12.2 Å². The van der Waals surface area contributed by atoms with E-state index in [0.29, 0.717) is 17.4 Å². The molecule has 3 aromatic heterocycles. The minimum Gasteiger partial charge on any atom is -0.489 e. The molecule has 4 aromatic rings. The largest absolute Gasteiger partial charge is 0.489 e. The summed E-state index contributed by atoms with van der Waals surface area (Å²) in [7, 11) is 1.53. The first-order chi connectivity index (χ1) is 22.1. The molecule has 10 nitrogen and oxygen atoms in total. The Kier molecular flexibility index (Phi) is 8.15. The number of hydrogen-bond donors (Lipinski definition) is 2. The zero-order valence-electron chi connectivity index (χ0n) is 25.3. The van der Waals surface area contributed by atoms with Crippen molar-refractivity contribution in [3.8, 4) is 22.9 Å². The lowest BCUT2D eigenvalue weighted by Gasteiger charge is -2.30. The Morgan fingerprint density at radius 2 is 1.91 bits per heavy atom.